The Morgan fingerprint density at radius 3 is 2.69 bits per heavy atom. The van der Waals surface area contributed by atoms with Crippen molar-refractivity contribution in [3.05, 3.63) is 94.2 Å². The molecule has 2 aliphatic heterocycles. The maximum atomic E-state index is 13.2. The number of piperidine rings is 1. The Balaban J connectivity index is 1.26. The van der Waals surface area contributed by atoms with Crippen LogP contribution in [0.15, 0.2) is 71.8 Å². The lowest BCUT2D eigenvalue weighted by molar-refractivity contribution is -0.911. The number of aromatic nitrogens is 2. The minimum atomic E-state index is -0.282. The van der Waals surface area contributed by atoms with Crippen LogP contribution in [0.4, 0.5) is 5.69 Å². The molecule has 4 heterocycles. The maximum Gasteiger partial charge on any atom is 0.274 e. The van der Waals surface area contributed by atoms with Crippen LogP contribution in [-0.4, -0.2) is 35.1 Å². The third-order valence-electron chi connectivity index (χ3n) is 6.83. The van der Waals surface area contributed by atoms with E-state index in [9.17, 15) is 9.59 Å². The number of aryl methyl sites for hydroxylation is 1. The number of hydrogen-bond donors (Lipinski definition) is 2. The number of rotatable bonds is 6. The summed E-state index contributed by atoms with van der Waals surface area (Å²) >= 11 is 0. The molecule has 0 spiro atoms. The van der Waals surface area contributed by atoms with Gasteiger partial charge in [-0.2, -0.15) is 0 Å². The number of carbonyl (C=O) groups is 1. The normalized spacial score (nSPS) is 21.6. The summed E-state index contributed by atoms with van der Waals surface area (Å²) < 4.78 is 1.90. The first-order chi connectivity index (χ1) is 15.7. The van der Waals surface area contributed by atoms with Crippen molar-refractivity contribution in [2.45, 2.75) is 31.7 Å². The van der Waals surface area contributed by atoms with Gasteiger partial charge >= 0.3 is 0 Å². The van der Waals surface area contributed by atoms with Crippen molar-refractivity contribution in [2.75, 3.05) is 25.0 Å². The molecule has 2 aromatic heterocycles. The Hall–Kier alpha value is -3.25. The van der Waals surface area contributed by atoms with E-state index in [1.165, 1.54) is 18.5 Å². The second kappa shape index (κ2) is 9.09. The van der Waals surface area contributed by atoms with Crippen LogP contribution >= 0.6 is 0 Å². The van der Waals surface area contributed by atoms with E-state index in [1.807, 2.05) is 10.6 Å². The average Bonchev–Trinajstić information content (AvgIpc) is 2.82. The maximum absolute atomic E-state index is 13.2. The van der Waals surface area contributed by atoms with Gasteiger partial charge in [0.05, 0.1) is 19.6 Å². The lowest BCUT2D eigenvalue weighted by atomic mass is 9.83. The highest BCUT2D eigenvalue weighted by atomic mass is 16.2. The van der Waals surface area contributed by atoms with Gasteiger partial charge in [0.25, 0.3) is 11.5 Å². The Kier molecular flexibility index (Phi) is 5.86. The van der Waals surface area contributed by atoms with Crippen molar-refractivity contribution >= 4 is 11.6 Å². The molecular formula is C26H29N4O2+. The minimum absolute atomic E-state index is 0.0906. The Morgan fingerprint density at radius 2 is 1.88 bits per heavy atom. The largest absolute Gasteiger partial charge is 0.334 e. The molecule has 0 aliphatic carbocycles. The summed E-state index contributed by atoms with van der Waals surface area (Å²) in [7, 11) is 0. The average molecular weight is 430 g/mol. The number of amides is 1. The van der Waals surface area contributed by atoms with Crippen molar-refractivity contribution in [3.8, 4) is 0 Å². The van der Waals surface area contributed by atoms with E-state index in [0.717, 1.165) is 38.2 Å². The highest BCUT2D eigenvalue weighted by Crippen LogP contribution is 2.31. The van der Waals surface area contributed by atoms with Gasteiger partial charge in [0, 0.05) is 48.5 Å². The predicted molar refractivity (Wildman–Crippen MR) is 124 cm³/mol. The van der Waals surface area contributed by atoms with Gasteiger partial charge in [-0.15, -0.1) is 0 Å². The smallest absolute Gasteiger partial charge is 0.274 e. The van der Waals surface area contributed by atoms with Crippen LogP contribution in [0, 0.1) is 5.92 Å². The second-order valence-corrected chi connectivity index (χ2v) is 9.07. The summed E-state index contributed by atoms with van der Waals surface area (Å²) in [6, 6.07) is 17.8. The lowest BCUT2D eigenvalue weighted by Gasteiger charge is -2.40. The SMILES string of the molecule is O=C(Nc1ccc2n(c1=O)C[C@H]1C[C@@H]2C[NH+](CCCc2ccccc2)C1)c1ccncc1. The Labute approximate surface area is 187 Å². The van der Waals surface area contributed by atoms with Crippen LogP contribution < -0.4 is 15.8 Å². The molecule has 2 bridgehead atoms. The molecule has 1 amide bonds. The monoisotopic (exact) mass is 429 g/mol. The molecule has 1 saturated heterocycles. The molecule has 5 rings (SSSR count). The van der Waals surface area contributed by atoms with Crippen LogP contribution in [0.5, 0.6) is 0 Å². The van der Waals surface area contributed by atoms with Gasteiger partial charge < -0.3 is 14.8 Å². The van der Waals surface area contributed by atoms with Crippen LogP contribution in [0.2, 0.25) is 0 Å². The van der Waals surface area contributed by atoms with E-state index in [-0.39, 0.29) is 11.5 Å². The van der Waals surface area contributed by atoms with Crippen LogP contribution in [0.3, 0.4) is 0 Å². The van der Waals surface area contributed by atoms with Crippen molar-refractivity contribution in [2.24, 2.45) is 5.92 Å². The summed E-state index contributed by atoms with van der Waals surface area (Å²) in [6.07, 6.45) is 6.61. The van der Waals surface area contributed by atoms with E-state index in [1.54, 1.807) is 35.5 Å². The molecule has 1 fully saturated rings. The van der Waals surface area contributed by atoms with Crippen LogP contribution in [0.1, 0.15) is 40.4 Å². The zero-order chi connectivity index (χ0) is 21.9. The number of quaternary nitrogens is 1. The number of nitrogens with zero attached hydrogens (tertiary/aromatic N) is 2. The highest BCUT2D eigenvalue weighted by molar-refractivity contribution is 6.04. The van der Waals surface area contributed by atoms with Crippen molar-refractivity contribution in [3.63, 3.8) is 0 Å². The molecule has 6 heteroatoms. The lowest BCUT2D eigenvalue weighted by Crippen LogP contribution is -3.14. The second-order valence-electron chi connectivity index (χ2n) is 9.07. The molecular weight excluding hydrogens is 400 g/mol. The summed E-state index contributed by atoms with van der Waals surface area (Å²) in [5.74, 6) is 0.638. The molecule has 2 aliphatic rings. The van der Waals surface area contributed by atoms with Gasteiger partial charge in [0.15, 0.2) is 0 Å². The van der Waals surface area contributed by atoms with Gasteiger partial charge in [-0.05, 0) is 42.7 Å². The zero-order valence-corrected chi connectivity index (χ0v) is 18.2. The summed E-state index contributed by atoms with van der Waals surface area (Å²) in [5, 5.41) is 2.79. The summed E-state index contributed by atoms with van der Waals surface area (Å²) in [6.45, 7) is 4.11. The van der Waals surface area contributed by atoms with Gasteiger partial charge in [0.2, 0.25) is 0 Å². The van der Waals surface area contributed by atoms with E-state index in [4.69, 9.17) is 0 Å². The highest BCUT2D eigenvalue weighted by Gasteiger charge is 2.37. The number of benzene rings is 1. The summed E-state index contributed by atoms with van der Waals surface area (Å²) in [5.41, 5.74) is 3.28. The number of nitrogens with one attached hydrogen (secondary N) is 2. The van der Waals surface area contributed by atoms with Crippen LogP contribution in [0.25, 0.3) is 0 Å². The number of pyridine rings is 2. The summed E-state index contributed by atoms with van der Waals surface area (Å²) in [4.78, 5) is 31.2. The number of likely N-dealkylation sites (tertiary alicyclic amines) is 1. The number of hydrogen-bond acceptors (Lipinski definition) is 3. The van der Waals surface area contributed by atoms with Crippen molar-refractivity contribution < 1.29 is 9.69 Å². The molecule has 3 atom stereocenters. The van der Waals surface area contributed by atoms with Crippen molar-refractivity contribution in [1.82, 2.24) is 9.55 Å². The molecule has 3 aromatic rings. The zero-order valence-electron chi connectivity index (χ0n) is 18.2. The van der Waals surface area contributed by atoms with Gasteiger partial charge in [0.1, 0.15) is 5.69 Å². The van der Waals surface area contributed by atoms with E-state index >= 15 is 0 Å². The molecule has 1 aromatic carbocycles. The Morgan fingerprint density at radius 1 is 1.06 bits per heavy atom. The molecule has 0 radical (unpaired) electrons. The molecule has 164 valence electrons. The first-order valence-corrected chi connectivity index (χ1v) is 11.5. The number of fused-ring (bicyclic) bond motifs is 4. The first kappa shape index (κ1) is 20.6. The van der Waals surface area contributed by atoms with Crippen LogP contribution in [-0.2, 0) is 13.0 Å². The Bertz CT molecular complexity index is 1140. The fourth-order valence-electron chi connectivity index (χ4n) is 5.35. The van der Waals surface area contributed by atoms with Gasteiger partial charge in [-0.25, -0.2) is 0 Å². The standard InChI is InChI=1S/C26H28N4O2/c31-25(21-10-12-27-13-11-21)28-23-8-9-24-22-15-20(17-30(24)26(23)32)16-29(18-22)14-4-7-19-5-2-1-3-6-19/h1-3,5-6,8-13,20,22H,4,7,14-18H2,(H,28,31)/p+1/t20-,22+/m0/s1. The number of anilines is 1. The molecule has 6 nitrogen and oxygen atoms in total. The van der Waals surface area contributed by atoms with Gasteiger partial charge in [-0.1, -0.05) is 30.3 Å². The van der Waals surface area contributed by atoms with Gasteiger partial charge in [-0.3, -0.25) is 14.6 Å². The first-order valence-electron chi connectivity index (χ1n) is 11.5. The quantitative estimate of drug-likeness (QED) is 0.631. The number of carbonyl (C=O) groups excluding carboxylic acids is 1. The molecule has 1 unspecified atom stereocenters. The third kappa shape index (κ3) is 4.36. The van der Waals surface area contributed by atoms with E-state index < -0.39 is 0 Å². The van der Waals surface area contributed by atoms with Crippen molar-refractivity contribution in [1.29, 1.82) is 0 Å². The molecule has 0 saturated carbocycles. The van der Waals surface area contributed by atoms with E-state index in [0.29, 0.717) is 23.1 Å². The topological polar surface area (TPSA) is 68.4 Å². The van der Waals surface area contributed by atoms with E-state index in [2.05, 4.69) is 40.6 Å². The fraction of sp³-hybridized carbons (Fsp3) is 0.346. The molecule has 2 N–H and O–H groups in total. The third-order valence-corrected chi connectivity index (χ3v) is 6.83. The minimum Gasteiger partial charge on any atom is -0.334 e. The predicted octanol–water partition coefficient (Wildman–Crippen LogP) is 2.13. The fourth-order valence-corrected chi connectivity index (χ4v) is 5.35. The molecule has 32 heavy (non-hydrogen) atoms.